The first-order valence-corrected chi connectivity index (χ1v) is 5.41. The minimum atomic E-state index is -0.825. The molecule has 0 fully saturated rings. The van der Waals surface area contributed by atoms with E-state index >= 15 is 0 Å². The maximum atomic E-state index is 9.43. The van der Waals surface area contributed by atoms with Gasteiger partial charge >= 0.3 is 0 Å². The SMILES string of the molecule is CC(C)(C)OOC(C)(CO)c1ccccc1. The Balaban J connectivity index is 2.79. The van der Waals surface area contributed by atoms with Crippen LogP contribution in [0.4, 0.5) is 0 Å². The van der Waals surface area contributed by atoms with Gasteiger partial charge in [-0.2, -0.15) is 0 Å². The molecule has 1 N–H and O–H groups in total. The van der Waals surface area contributed by atoms with Gasteiger partial charge in [0.1, 0.15) is 5.60 Å². The molecule has 1 rings (SSSR count). The Kier molecular flexibility index (Phi) is 4.08. The Labute approximate surface area is 96.9 Å². The lowest BCUT2D eigenvalue weighted by Crippen LogP contribution is -2.34. The van der Waals surface area contributed by atoms with E-state index in [2.05, 4.69) is 0 Å². The van der Waals surface area contributed by atoms with E-state index in [9.17, 15) is 5.11 Å². The van der Waals surface area contributed by atoms with Crippen LogP contribution in [0.15, 0.2) is 30.3 Å². The van der Waals surface area contributed by atoms with Gasteiger partial charge in [0, 0.05) is 0 Å². The first-order chi connectivity index (χ1) is 7.37. The first-order valence-electron chi connectivity index (χ1n) is 5.41. The fraction of sp³-hybridized carbons (Fsp3) is 0.538. The molecule has 3 nitrogen and oxygen atoms in total. The Bertz CT molecular complexity index is 316. The molecule has 0 radical (unpaired) electrons. The van der Waals surface area contributed by atoms with Gasteiger partial charge in [-0.15, -0.1) is 0 Å². The largest absolute Gasteiger partial charge is 0.393 e. The maximum absolute atomic E-state index is 9.43. The molecule has 0 amide bonds. The van der Waals surface area contributed by atoms with Crippen LogP contribution in [-0.4, -0.2) is 17.3 Å². The molecule has 1 atom stereocenters. The summed E-state index contributed by atoms with van der Waals surface area (Å²) in [7, 11) is 0. The van der Waals surface area contributed by atoms with Crippen molar-refractivity contribution in [1.29, 1.82) is 0 Å². The van der Waals surface area contributed by atoms with Crippen molar-refractivity contribution in [1.82, 2.24) is 0 Å². The summed E-state index contributed by atoms with van der Waals surface area (Å²) in [6.07, 6.45) is 0. The van der Waals surface area contributed by atoms with E-state index in [4.69, 9.17) is 9.78 Å². The molecule has 0 saturated carbocycles. The zero-order chi connectivity index (χ0) is 12.2. The average Bonchev–Trinajstić information content (AvgIpc) is 2.26. The van der Waals surface area contributed by atoms with Gasteiger partial charge in [0.25, 0.3) is 0 Å². The summed E-state index contributed by atoms with van der Waals surface area (Å²) in [5, 5.41) is 9.43. The van der Waals surface area contributed by atoms with Gasteiger partial charge in [-0.1, -0.05) is 30.3 Å². The van der Waals surface area contributed by atoms with Crippen LogP contribution in [0.5, 0.6) is 0 Å². The van der Waals surface area contributed by atoms with Gasteiger partial charge in [-0.3, -0.25) is 0 Å². The molecule has 1 aromatic carbocycles. The van der Waals surface area contributed by atoms with Crippen LogP contribution in [-0.2, 0) is 15.4 Å². The van der Waals surface area contributed by atoms with Crippen LogP contribution in [0.1, 0.15) is 33.3 Å². The lowest BCUT2D eigenvalue weighted by molar-refractivity contribution is -0.409. The number of aliphatic hydroxyl groups excluding tert-OH is 1. The van der Waals surface area contributed by atoms with Gasteiger partial charge in [0.2, 0.25) is 0 Å². The number of aliphatic hydroxyl groups is 1. The molecule has 0 heterocycles. The van der Waals surface area contributed by atoms with E-state index in [0.717, 1.165) is 5.56 Å². The summed E-state index contributed by atoms with van der Waals surface area (Å²) >= 11 is 0. The van der Waals surface area contributed by atoms with Crippen LogP contribution < -0.4 is 0 Å². The second-order valence-electron chi connectivity index (χ2n) is 5.03. The number of rotatable bonds is 4. The van der Waals surface area contributed by atoms with Crippen LogP contribution >= 0.6 is 0 Å². The second kappa shape index (κ2) is 4.95. The highest BCUT2D eigenvalue weighted by Gasteiger charge is 2.30. The lowest BCUT2D eigenvalue weighted by atomic mass is 9.97. The predicted octanol–water partition coefficient (Wildman–Crippen LogP) is 2.64. The van der Waals surface area contributed by atoms with Crippen molar-refractivity contribution in [2.75, 3.05) is 6.61 Å². The van der Waals surface area contributed by atoms with Gasteiger partial charge < -0.3 is 5.11 Å². The Hall–Kier alpha value is -0.900. The molecule has 1 aromatic rings. The number of hydrogen-bond donors (Lipinski definition) is 1. The highest BCUT2D eigenvalue weighted by atomic mass is 17.2. The number of hydrogen-bond acceptors (Lipinski definition) is 3. The van der Waals surface area contributed by atoms with Crippen molar-refractivity contribution < 1.29 is 14.9 Å². The molecule has 0 aliphatic rings. The fourth-order valence-corrected chi connectivity index (χ4v) is 1.17. The molecule has 3 heteroatoms. The van der Waals surface area contributed by atoms with Gasteiger partial charge in [0.05, 0.1) is 12.2 Å². The quantitative estimate of drug-likeness (QED) is 0.631. The molecule has 0 aliphatic heterocycles. The standard InChI is InChI=1S/C13H20O3/c1-12(2,3)15-16-13(4,10-14)11-8-6-5-7-9-11/h5-9,14H,10H2,1-4H3. The molecule has 90 valence electrons. The first kappa shape index (κ1) is 13.2. The van der Waals surface area contributed by atoms with Crippen molar-refractivity contribution >= 4 is 0 Å². The highest BCUT2D eigenvalue weighted by Crippen LogP contribution is 2.26. The fourth-order valence-electron chi connectivity index (χ4n) is 1.17. The molecule has 0 aliphatic carbocycles. The molecule has 0 aromatic heterocycles. The van der Waals surface area contributed by atoms with Crippen molar-refractivity contribution in [3.8, 4) is 0 Å². The maximum Gasteiger partial charge on any atom is 0.149 e. The third kappa shape index (κ3) is 3.59. The molecular weight excluding hydrogens is 204 g/mol. The van der Waals surface area contributed by atoms with E-state index in [1.54, 1.807) is 6.92 Å². The monoisotopic (exact) mass is 224 g/mol. The van der Waals surface area contributed by atoms with Gasteiger partial charge in [0.15, 0.2) is 0 Å². The van der Waals surface area contributed by atoms with Crippen LogP contribution in [0.3, 0.4) is 0 Å². The Morgan fingerprint density at radius 1 is 1.00 bits per heavy atom. The van der Waals surface area contributed by atoms with Crippen molar-refractivity contribution in [3.63, 3.8) is 0 Å². The van der Waals surface area contributed by atoms with Crippen LogP contribution in [0.2, 0.25) is 0 Å². The van der Waals surface area contributed by atoms with E-state index < -0.39 is 11.2 Å². The van der Waals surface area contributed by atoms with E-state index in [-0.39, 0.29) is 6.61 Å². The topological polar surface area (TPSA) is 38.7 Å². The van der Waals surface area contributed by atoms with Crippen LogP contribution in [0, 0.1) is 0 Å². The molecule has 0 spiro atoms. The number of benzene rings is 1. The molecule has 1 unspecified atom stereocenters. The third-order valence-electron chi connectivity index (χ3n) is 2.16. The summed E-state index contributed by atoms with van der Waals surface area (Å²) in [5.74, 6) is 0. The third-order valence-corrected chi connectivity index (χ3v) is 2.16. The zero-order valence-electron chi connectivity index (χ0n) is 10.4. The van der Waals surface area contributed by atoms with E-state index in [1.165, 1.54) is 0 Å². The summed E-state index contributed by atoms with van der Waals surface area (Å²) in [6.45, 7) is 7.36. The van der Waals surface area contributed by atoms with Crippen molar-refractivity contribution in [3.05, 3.63) is 35.9 Å². The van der Waals surface area contributed by atoms with Crippen molar-refractivity contribution in [2.24, 2.45) is 0 Å². The summed E-state index contributed by atoms with van der Waals surface area (Å²) < 4.78 is 0. The molecular formula is C13H20O3. The Morgan fingerprint density at radius 2 is 1.56 bits per heavy atom. The second-order valence-corrected chi connectivity index (χ2v) is 5.03. The Morgan fingerprint density at radius 3 is 2.00 bits per heavy atom. The van der Waals surface area contributed by atoms with Crippen LogP contribution in [0.25, 0.3) is 0 Å². The van der Waals surface area contributed by atoms with Crippen molar-refractivity contribution in [2.45, 2.75) is 38.9 Å². The summed E-state index contributed by atoms with van der Waals surface area (Å²) in [6, 6.07) is 9.55. The predicted molar refractivity (Wildman–Crippen MR) is 62.8 cm³/mol. The summed E-state index contributed by atoms with van der Waals surface area (Å²) in [5.41, 5.74) is -0.332. The lowest BCUT2D eigenvalue weighted by Gasteiger charge is -2.30. The minimum absolute atomic E-state index is 0.132. The zero-order valence-corrected chi connectivity index (χ0v) is 10.4. The molecule has 16 heavy (non-hydrogen) atoms. The molecule has 0 bridgehead atoms. The van der Waals surface area contributed by atoms with E-state index in [1.807, 2.05) is 51.1 Å². The normalized spacial score (nSPS) is 15.8. The minimum Gasteiger partial charge on any atom is -0.393 e. The smallest absolute Gasteiger partial charge is 0.149 e. The molecule has 0 saturated heterocycles. The average molecular weight is 224 g/mol. The van der Waals surface area contributed by atoms with E-state index in [0.29, 0.717) is 0 Å². The highest BCUT2D eigenvalue weighted by molar-refractivity contribution is 5.21. The summed E-state index contributed by atoms with van der Waals surface area (Å²) in [4.78, 5) is 10.7. The van der Waals surface area contributed by atoms with Gasteiger partial charge in [-0.25, -0.2) is 9.78 Å². The van der Waals surface area contributed by atoms with Gasteiger partial charge in [-0.05, 0) is 33.3 Å².